The quantitative estimate of drug-likeness (QED) is 0.842. The Balaban J connectivity index is 1.85. The normalized spacial score (nSPS) is 13.2. The van der Waals surface area contributed by atoms with E-state index in [1.54, 1.807) is 19.1 Å². The van der Waals surface area contributed by atoms with Crippen LogP contribution >= 0.6 is 0 Å². The van der Waals surface area contributed by atoms with Gasteiger partial charge < -0.3 is 23.5 Å². The molecule has 2 heterocycles. The van der Waals surface area contributed by atoms with E-state index in [2.05, 4.69) is 0 Å². The van der Waals surface area contributed by atoms with E-state index >= 15 is 0 Å². The first-order valence-electron chi connectivity index (χ1n) is 7.77. The minimum atomic E-state index is -0.388. The van der Waals surface area contributed by atoms with E-state index in [-0.39, 0.29) is 22.8 Å². The first-order valence-corrected chi connectivity index (χ1v) is 7.77. The lowest BCUT2D eigenvalue weighted by Crippen LogP contribution is -2.36. The zero-order valence-electron chi connectivity index (χ0n) is 14.3. The lowest BCUT2D eigenvalue weighted by atomic mass is 9.98. The summed E-state index contributed by atoms with van der Waals surface area (Å²) in [5, 5.41) is 0. The van der Waals surface area contributed by atoms with Crippen molar-refractivity contribution in [2.45, 2.75) is 13.0 Å². The Labute approximate surface area is 144 Å². The summed E-state index contributed by atoms with van der Waals surface area (Å²) in [5.41, 5.74) is 1.70. The zero-order valence-corrected chi connectivity index (χ0v) is 14.3. The van der Waals surface area contributed by atoms with Gasteiger partial charge in [0.05, 0.1) is 21.3 Å². The molecule has 0 saturated heterocycles. The minimum Gasteiger partial charge on any atom is -0.493 e. The Hall–Kier alpha value is -2.96. The smallest absolute Gasteiger partial charge is 0.290 e. The summed E-state index contributed by atoms with van der Waals surface area (Å²) in [5.74, 6) is 1.01. The lowest BCUT2D eigenvalue weighted by molar-refractivity contribution is 0.0698. The number of amides is 1. The molecule has 1 aromatic heterocycles. The van der Waals surface area contributed by atoms with Crippen molar-refractivity contribution in [3.05, 3.63) is 51.6 Å². The SMILES string of the molecule is COc1cc2c(cc1OC)CN(C(=O)c1cc(=O)c(OC)co1)CC2. The van der Waals surface area contributed by atoms with Crippen molar-refractivity contribution in [2.75, 3.05) is 27.9 Å². The van der Waals surface area contributed by atoms with Crippen LogP contribution in [0.5, 0.6) is 17.2 Å². The molecule has 0 fully saturated rings. The Kier molecular flexibility index (Phi) is 4.65. The summed E-state index contributed by atoms with van der Waals surface area (Å²) in [7, 11) is 4.54. The Morgan fingerprint density at radius 2 is 1.64 bits per heavy atom. The van der Waals surface area contributed by atoms with E-state index < -0.39 is 0 Å². The highest BCUT2D eigenvalue weighted by atomic mass is 16.5. The van der Waals surface area contributed by atoms with Crippen LogP contribution in [0.2, 0.25) is 0 Å². The highest BCUT2D eigenvalue weighted by Crippen LogP contribution is 2.33. The summed E-state index contributed by atoms with van der Waals surface area (Å²) >= 11 is 0. The van der Waals surface area contributed by atoms with Gasteiger partial charge in [-0.3, -0.25) is 9.59 Å². The van der Waals surface area contributed by atoms with Crippen LogP contribution in [0.15, 0.2) is 33.7 Å². The summed E-state index contributed by atoms with van der Waals surface area (Å²) in [6.07, 6.45) is 1.84. The van der Waals surface area contributed by atoms with Gasteiger partial charge in [0.1, 0.15) is 6.26 Å². The molecule has 2 aromatic rings. The van der Waals surface area contributed by atoms with Gasteiger partial charge in [-0.1, -0.05) is 0 Å². The second-order valence-electron chi connectivity index (χ2n) is 5.63. The Bertz CT molecular complexity index is 857. The molecule has 0 unspecified atom stereocenters. The largest absolute Gasteiger partial charge is 0.493 e. The van der Waals surface area contributed by atoms with Gasteiger partial charge >= 0.3 is 0 Å². The maximum atomic E-state index is 12.6. The van der Waals surface area contributed by atoms with Crippen LogP contribution in [-0.2, 0) is 13.0 Å². The third-order valence-corrected chi connectivity index (χ3v) is 4.23. The van der Waals surface area contributed by atoms with Gasteiger partial charge in [0.2, 0.25) is 11.2 Å². The lowest BCUT2D eigenvalue weighted by Gasteiger charge is -2.29. The van der Waals surface area contributed by atoms with Crippen LogP contribution in [0.3, 0.4) is 0 Å². The van der Waals surface area contributed by atoms with Gasteiger partial charge in [0.15, 0.2) is 17.3 Å². The number of nitrogens with zero attached hydrogens (tertiary/aromatic N) is 1. The number of carbonyl (C=O) groups excluding carboxylic acids is 1. The van der Waals surface area contributed by atoms with Crippen LogP contribution in [0.1, 0.15) is 21.7 Å². The van der Waals surface area contributed by atoms with Crippen molar-refractivity contribution in [1.82, 2.24) is 4.90 Å². The van der Waals surface area contributed by atoms with Crippen LogP contribution in [0, 0.1) is 0 Å². The van der Waals surface area contributed by atoms with E-state index in [1.165, 1.54) is 7.11 Å². The predicted octanol–water partition coefficient (Wildman–Crippen LogP) is 1.86. The second-order valence-corrected chi connectivity index (χ2v) is 5.63. The number of benzene rings is 1. The molecule has 7 heteroatoms. The van der Waals surface area contributed by atoms with Gasteiger partial charge in [0.25, 0.3) is 5.91 Å². The van der Waals surface area contributed by atoms with Gasteiger partial charge in [-0.05, 0) is 29.7 Å². The third-order valence-electron chi connectivity index (χ3n) is 4.23. The van der Waals surface area contributed by atoms with Crippen molar-refractivity contribution in [1.29, 1.82) is 0 Å². The van der Waals surface area contributed by atoms with Gasteiger partial charge in [-0.25, -0.2) is 0 Å². The van der Waals surface area contributed by atoms with Crippen molar-refractivity contribution >= 4 is 5.91 Å². The van der Waals surface area contributed by atoms with Gasteiger partial charge in [0, 0.05) is 19.2 Å². The van der Waals surface area contributed by atoms with Crippen molar-refractivity contribution in [3.63, 3.8) is 0 Å². The molecule has 0 N–H and O–H groups in total. The molecule has 0 aliphatic carbocycles. The van der Waals surface area contributed by atoms with Crippen LogP contribution < -0.4 is 19.6 Å². The Morgan fingerprint density at radius 1 is 1.00 bits per heavy atom. The average molecular weight is 345 g/mol. The summed E-state index contributed by atoms with van der Waals surface area (Å²) in [6.45, 7) is 0.932. The minimum absolute atomic E-state index is 0.00488. The van der Waals surface area contributed by atoms with E-state index in [0.29, 0.717) is 31.0 Å². The summed E-state index contributed by atoms with van der Waals surface area (Å²) < 4.78 is 20.8. The molecule has 3 rings (SSSR count). The molecule has 1 amide bonds. The van der Waals surface area contributed by atoms with E-state index in [4.69, 9.17) is 18.6 Å². The number of methoxy groups -OCH3 is 3. The average Bonchev–Trinajstić information content (AvgIpc) is 2.65. The second kappa shape index (κ2) is 6.88. The number of hydrogen-bond acceptors (Lipinski definition) is 6. The maximum absolute atomic E-state index is 12.6. The highest BCUT2D eigenvalue weighted by Gasteiger charge is 2.25. The summed E-state index contributed by atoms with van der Waals surface area (Å²) in [6, 6.07) is 4.96. The maximum Gasteiger partial charge on any atom is 0.290 e. The first-order chi connectivity index (χ1) is 12.1. The fourth-order valence-electron chi connectivity index (χ4n) is 2.87. The topological polar surface area (TPSA) is 78.2 Å². The molecule has 1 aliphatic rings. The monoisotopic (exact) mass is 345 g/mol. The number of fused-ring (bicyclic) bond motifs is 1. The van der Waals surface area contributed by atoms with E-state index in [1.807, 2.05) is 12.1 Å². The van der Waals surface area contributed by atoms with Crippen LogP contribution in [0.4, 0.5) is 0 Å². The highest BCUT2D eigenvalue weighted by molar-refractivity contribution is 5.91. The Morgan fingerprint density at radius 3 is 2.24 bits per heavy atom. The predicted molar refractivity (Wildman–Crippen MR) is 89.5 cm³/mol. The van der Waals surface area contributed by atoms with E-state index in [9.17, 15) is 9.59 Å². The fraction of sp³-hybridized carbons (Fsp3) is 0.333. The molecule has 1 aliphatic heterocycles. The van der Waals surface area contributed by atoms with Crippen LogP contribution in [-0.4, -0.2) is 38.7 Å². The molecule has 0 bridgehead atoms. The van der Waals surface area contributed by atoms with Gasteiger partial charge in [-0.2, -0.15) is 0 Å². The summed E-state index contributed by atoms with van der Waals surface area (Å²) in [4.78, 5) is 26.1. The zero-order chi connectivity index (χ0) is 18.0. The molecule has 0 spiro atoms. The molecule has 25 heavy (non-hydrogen) atoms. The molecule has 0 radical (unpaired) electrons. The molecule has 1 aromatic carbocycles. The standard InChI is InChI=1S/C18H19NO6/c1-22-14-6-11-4-5-19(9-12(11)7-15(14)23-2)18(21)16-8-13(20)17(24-3)10-25-16/h6-8,10H,4-5,9H2,1-3H3. The van der Waals surface area contributed by atoms with Crippen LogP contribution in [0.25, 0.3) is 0 Å². The number of rotatable bonds is 4. The number of carbonyl (C=O) groups is 1. The van der Waals surface area contributed by atoms with E-state index in [0.717, 1.165) is 23.5 Å². The van der Waals surface area contributed by atoms with Crippen molar-refractivity contribution in [2.24, 2.45) is 0 Å². The fourth-order valence-corrected chi connectivity index (χ4v) is 2.87. The molecule has 0 atom stereocenters. The molecular weight excluding hydrogens is 326 g/mol. The van der Waals surface area contributed by atoms with Gasteiger partial charge in [-0.15, -0.1) is 0 Å². The third kappa shape index (κ3) is 3.17. The molecular formula is C18H19NO6. The number of hydrogen-bond donors (Lipinski definition) is 0. The molecule has 132 valence electrons. The van der Waals surface area contributed by atoms with Crippen molar-refractivity contribution in [3.8, 4) is 17.2 Å². The van der Waals surface area contributed by atoms with Crippen molar-refractivity contribution < 1.29 is 23.4 Å². The molecule has 7 nitrogen and oxygen atoms in total. The number of ether oxygens (including phenoxy) is 3. The first kappa shape index (κ1) is 16.9. The molecule has 0 saturated carbocycles.